The van der Waals surface area contributed by atoms with Crippen LogP contribution < -0.4 is 14.8 Å². The van der Waals surface area contributed by atoms with Gasteiger partial charge in [0.05, 0.1) is 18.8 Å². The number of anilines is 1. The van der Waals surface area contributed by atoms with Crippen molar-refractivity contribution < 1.29 is 32.2 Å². The van der Waals surface area contributed by atoms with Gasteiger partial charge in [0.2, 0.25) is 12.7 Å². The van der Waals surface area contributed by atoms with E-state index < -0.39 is 10.0 Å². The Kier molecular flexibility index (Phi) is 6.47. The van der Waals surface area contributed by atoms with Gasteiger partial charge in [-0.15, -0.1) is 11.3 Å². The molecule has 12 heteroatoms. The lowest BCUT2D eigenvalue weighted by atomic mass is 9.97. The molecule has 1 aromatic heterocycles. The number of carbonyl (C=O) groups is 2. The standard InChI is InChI=1S/C22H25N3O7S2/c26-21(23-17-1-2-18-19(12-17)32-14-31-18)15-3-5-25(6-4-15)34(28,29)20-11-16(13-33-20)22(27)24-7-9-30-10-8-24/h1-2,11-13,15H,3-10,14H2,(H,23,26). The molecule has 5 rings (SSSR count). The van der Waals surface area contributed by atoms with Gasteiger partial charge in [0.15, 0.2) is 11.5 Å². The lowest BCUT2D eigenvalue weighted by Gasteiger charge is -2.30. The van der Waals surface area contributed by atoms with Gasteiger partial charge in [-0.3, -0.25) is 9.59 Å². The van der Waals surface area contributed by atoms with Crippen molar-refractivity contribution in [2.45, 2.75) is 17.1 Å². The van der Waals surface area contributed by atoms with Crippen molar-refractivity contribution in [1.82, 2.24) is 9.21 Å². The lowest BCUT2D eigenvalue weighted by molar-refractivity contribution is -0.120. The van der Waals surface area contributed by atoms with E-state index in [1.165, 1.54) is 10.4 Å². The smallest absolute Gasteiger partial charge is 0.254 e. The number of piperidine rings is 1. The Hall–Kier alpha value is -2.67. The predicted molar refractivity (Wildman–Crippen MR) is 124 cm³/mol. The largest absolute Gasteiger partial charge is 0.454 e. The van der Waals surface area contributed by atoms with Crippen LogP contribution in [0.4, 0.5) is 5.69 Å². The van der Waals surface area contributed by atoms with E-state index >= 15 is 0 Å². The van der Waals surface area contributed by atoms with Crippen LogP contribution in [0.3, 0.4) is 0 Å². The number of thiophene rings is 1. The Labute approximate surface area is 201 Å². The van der Waals surface area contributed by atoms with E-state index in [0.717, 1.165) is 11.3 Å². The van der Waals surface area contributed by atoms with Gasteiger partial charge in [-0.25, -0.2) is 8.42 Å². The molecule has 2 fully saturated rings. The second kappa shape index (κ2) is 9.53. The second-order valence-electron chi connectivity index (χ2n) is 8.29. The van der Waals surface area contributed by atoms with E-state index in [2.05, 4.69) is 5.32 Å². The first kappa shape index (κ1) is 23.1. The Bertz CT molecular complexity index is 1180. The number of carbonyl (C=O) groups excluding carboxylic acids is 2. The number of nitrogens with zero attached hydrogens (tertiary/aromatic N) is 2. The number of nitrogens with one attached hydrogen (secondary N) is 1. The normalized spacial score (nSPS) is 19.2. The summed E-state index contributed by atoms with van der Waals surface area (Å²) < 4.78 is 43.7. The summed E-state index contributed by atoms with van der Waals surface area (Å²) in [7, 11) is -3.73. The SMILES string of the molecule is O=C(Nc1ccc2c(c1)OCO2)C1CCN(S(=O)(=O)c2cc(C(=O)N3CCOCC3)cs2)CC1. The summed E-state index contributed by atoms with van der Waals surface area (Å²) in [5.41, 5.74) is 0.990. The van der Waals surface area contributed by atoms with Crippen molar-refractivity contribution in [3.8, 4) is 11.5 Å². The number of rotatable bonds is 5. The highest BCUT2D eigenvalue weighted by Crippen LogP contribution is 2.35. The van der Waals surface area contributed by atoms with E-state index in [1.54, 1.807) is 28.5 Å². The molecule has 0 spiro atoms. The number of amides is 2. The van der Waals surface area contributed by atoms with Crippen LogP contribution in [0.25, 0.3) is 0 Å². The Balaban J connectivity index is 1.18. The summed E-state index contributed by atoms with van der Waals surface area (Å²) in [5, 5.41) is 4.48. The molecule has 0 aliphatic carbocycles. The number of hydrogen-bond acceptors (Lipinski definition) is 8. The van der Waals surface area contributed by atoms with Gasteiger partial charge in [-0.2, -0.15) is 4.31 Å². The summed E-state index contributed by atoms with van der Waals surface area (Å²) in [5.74, 6) is 0.602. The molecular formula is C22H25N3O7S2. The van der Waals surface area contributed by atoms with Crippen molar-refractivity contribution in [2.75, 3.05) is 51.5 Å². The highest BCUT2D eigenvalue weighted by Gasteiger charge is 2.34. The monoisotopic (exact) mass is 507 g/mol. The molecule has 1 aromatic carbocycles. The minimum atomic E-state index is -3.73. The molecule has 34 heavy (non-hydrogen) atoms. The molecule has 10 nitrogen and oxygen atoms in total. The van der Waals surface area contributed by atoms with Crippen LogP contribution in [0.5, 0.6) is 11.5 Å². The van der Waals surface area contributed by atoms with Crippen LogP contribution in [-0.2, 0) is 19.6 Å². The summed E-state index contributed by atoms with van der Waals surface area (Å²) in [6.07, 6.45) is 0.834. The minimum Gasteiger partial charge on any atom is -0.454 e. The zero-order chi connectivity index (χ0) is 23.7. The first-order valence-corrected chi connectivity index (χ1v) is 13.4. The zero-order valence-corrected chi connectivity index (χ0v) is 20.0. The molecule has 1 N–H and O–H groups in total. The van der Waals surface area contributed by atoms with E-state index in [1.807, 2.05) is 0 Å². The van der Waals surface area contributed by atoms with E-state index in [0.29, 0.717) is 61.9 Å². The van der Waals surface area contributed by atoms with Crippen molar-refractivity contribution in [1.29, 1.82) is 0 Å². The number of sulfonamides is 1. The summed E-state index contributed by atoms with van der Waals surface area (Å²) in [6.45, 7) is 2.61. The molecule has 3 aliphatic heterocycles. The highest BCUT2D eigenvalue weighted by atomic mass is 32.2. The molecular weight excluding hydrogens is 482 g/mol. The van der Waals surface area contributed by atoms with Crippen LogP contribution in [0.1, 0.15) is 23.2 Å². The van der Waals surface area contributed by atoms with Gasteiger partial charge >= 0.3 is 0 Å². The second-order valence-corrected chi connectivity index (χ2v) is 11.4. The van der Waals surface area contributed by atoms with Crippen molar-refractivity contribution >= 4 is 38.9 Å². The summed E-state index contributed by atoms with van der Waals surface area (Å²) in [6, 6.07) is 6.66. The molecule has 0 bridgehead atoms. The van der Waals surface area contributed by atoms with E-state index in [-0.39, 0.29) is 41.8 Å². The number of ether oxygens (including phenoxy) is 3. The van der Waals surface area contributed by atoms with Crippen LogP contribution in [0.15, 0.2) is 33.9 Å². The van der Waals surface area contributed by atoms with E-state index in [9.17, 15) is 18.0 Å². The molecule has 182 valence electrons. The summed E-state index contributed by atoms with van der Waals surface area (Å²) in [4.78, 5) is 27.1. The summed E-state index contributed by atoms with van der Waals surface area (Å²) >= 11 is 1.05. The average Bonchev–Trinajstić information content (AvgIpc) is 3.54. The third-order valence-electron chi connectivity index (χ3n) is 6.18. The van der Waals surface area contributed by atoms with Gasteiger partial charge in [0, 0.05) is 49.2 Å². The van der Waals surface area contributed by atoms with Gasteiger partial charge in [0.1, 0.15) is 4.21 Å². The van der Waals surface area contributed by atoms with Gasteiger partial charge in [0.25, 0.3) is 15.9 Å². The lowest BCUT2D eigenvalue weighted by Crippen LogP contribution is -2.41. The zero-order valence-electron chi connectivity index (χ0n) is 18.4. The van der Waals surface area contributed by atoms with Crippen molar-refractivity contribution in [3.63, 3.8) is 0 Å². The Morgan fingerprint density at radius 2 is 1.74 bits per heavy atom. The molecule has 0 atom stereocenters. The number of fused-ring (bicyclic) bond motifs is 1. The molecule has 0 saturated carbocycles. The molecule has 2 amide bonds. The molecule has 2 saturated heterocycles. The fourth-order valence-corrected chi connectivity index (χ4v) is 6.99. The maximum absolute atomic E-state index is 13.1. The molecule has 4 heterocycles. The Morgan fingerprint density at radius 3 is 2.50 bits per heavy atom. The van der Waals surface area contributed by atoms with Gasteiger partial charge in [-0.1, -0.05) is 0 Å². The molecule has 0 unspecified atom stereocenters. The fourth-order valence-electron chi connectivity index (χ4n) is 4.22. The highest BCUT2D eigenvalue weighted by molar-refractivity contribution is 7.91. The third kappa shape index (κ3) is 4.63. The van der Waals surface area contributed by atoms with Crippen molar-refractivity contribution in [3.05, 3.63) is 35.2 Å². The van der Waals surface area contributed by atoms with Crippen LogP contribution in [0.2, 0.25) is 0 Å². The fraction of sp³-hybridized carbons (Fsp3) is 0.455. The quantitative estimate of drug-likeness (QED) is 0.658. The molecule has 2 aromatic rings. The van der Waals surface area contributed by atoms with Gasteiger partial charge in [-0.05, 0) is 31.0 Å². The van der Waals surface area contributed by atoms with E-state index in [4.69, 9.17) is 14.2 Å². The Morgan fingerprint density at radius 1 is 1.00 bits per heavy atom. The molecule has 0 radical (unpaired) electrons. The maximum Gasteiger partial charge on any atom is 0.254 e. The van der Waals surface area contributed by atoms with Crippen molar-refractivity contribution in [2.24, 2.45) is 5.92 Å². The van der Waals surface area contributed by atoms with Gasteiger partial charge < -0.3 is 24.4 Å². The predicted octanol–water partition coefficient (Wildman–Crippen LogP) is 1.99. The minimum absolute atomic E-state index is 0.146. The van der Waals surface area contributed by atoms with Crippen LogP contribution >= 0.6 is 11.3 Å². The molecule has 3 aliphatic rings. The number of hydrogen-bond donors (Lipinski definition) is 1. The topological polar surface area (TPSA) is 114 Å². The number of morpholine rings is 1. The van der Waals surface area contributed by atoms with Crippen LogP contribution in [0, 0.1) is 5.92 Å². The van der Waals surface area contributed by atoms with Crippen LogP contribution in [-0.4, -0.2) is 75.6 Å². The third-order valence-corrected chi connectivity index (χ3v) is 9.49. The first-order valence-electron chi connectivity index (χ1n) is 11.1. The number of benzene rings is 1. The maximum atomic E-state index is 13.1. The first-order chi connectivity index (χ1) is 16.4. The average molecular weight is 508 g/mol.